The fourth-order valence-electron chi connectivity index (χ4n) is 4.47. The zero-order valence-corrected chi connectivity index (χ0v) is 24.7. The van der Waals surface area contributed by atoms with Crippen molar-refractivity contribution in [2.24, 2.45) is 0 Å². The van der Waals surface area contributed by atoms with Crippen molar-refractivity contribution in [3.8, 4) is 0 Å². The molecule has 2 fully saturated rings. The minimum Gasteiger partial charge on any atom is -0.383 e. The number of fused-ring (bicyclic) bond motifs is 2. The summed E-state index contributed by atoms with van der Waals surface area (Å²) in [4.78, 5) is 38.5. The molecule has 2 aromatic carbocycles. The molecule has 14 heteroatoms. The van der Waals surface area contributed by atoms with Crippen LogP contribution in [0.25, 0.3) is 20.4 Å². The molecular weight excluding hydrogens is 593 g/mol. The van der Waals surface area contributed by atoms with Crippen molar-refractivity contribution in [3.63, 3.8) is 0 Å². The Morgan fingerprint density at radius 3 is 1.57 bits per heavy atom. The number of carbonyl (C=O) groups excluding carboxylic acids is 2. The molecule has 4 aromatic rings. The maximum absolute atomic E-state index is 12.3. The zero-order chi connectivity index (χ0) is 27.3. The predicted molar refractivity (Wildman–Crippen MR) is 158 cm³/mol. The van der Waals surface area contributed by atoms with E-state index in [9.17, 15) is 9.59 Å². The Bertz CT molecular complexity index is 1390. The normalized spacial score (nSPS) is 16.0. The molecule has 0 amide bonds. The third-order valence-corrected chi connectivity index (χ3v) is 9.95. The zero-order valence-electron chi connectivity index (χ0n) is 21.4. The second-order valence-corrected chi connectivity index (χ2v) is 13.0. The van der Waals surface area contributed by atoms with Crippen LogP contribution >= 0.6 is 46.8 Å². The number of morpholine rings is 2. The molecule has 0 aliphatic carbocycles. The molecule has 2 saturated heterocycles. The van der Waals surface area contributed by atoms with E-state index in [-0.39, 0.29) is 12.8 Å². The first-order chi connectivity index (χ1) is 19.6. The highest BCUT2D eigenvalue weighted by atomic mass is 32.2. The van der Waals surface area contributed by atoms with Gasteiger partial charge in [0.25, 0.3) is 0 Å². The lowest BCUT2D eigenvalue weighted by molar-refractivity contribution is -0.139. The van der Waals surface area contributed by atoms with Gasteiger partial charge in [0.2, 0.25) is 0 Å². The van der Waals surface area contributed by atoms with Crippen LogP contribution in [0.3, 0.4) is 0 Å². The second kappa shape index (κ2) is 12.9. The Morgan fingerprint density at radius 1 is 0.725 bits per heavy atom. The number of nitrogens with zero attached hydrogens (tertiary/aromatic N) is 4. The smallest absolute Gasteiger partial charge is 0.318 e. The maximum Gasteiger partial charge on any atom is 0.318 e. The van der Waals surface area contributed by atoms with Crippen LogP contribution in [0.1, 0.15) is 12.8 Å². The lowest BCUT2D eigenvalue weighted by Crippen LogP contribution is -2.36. The molecule has 0 bridgehead atoms. The molecule has 0 saturated carbocycles. The molecule has 210 valence electrons. The number of anilines is 2. The number of ether oxygens (including phenoxy) is 2. The summed E-state index contributed by atoms with van der Waals surface area (Å²) in [6.45, 7) is 6.03. The average Bonchev–Trinajstić information content (AvgIpc) is 3.62. The first kappa shape index (κ1) is 27.5. The van der Waals surface area contributed by atoms with Crippen LogP contribution in [-0.4, -0.2) is 74.5 Å². The summed E-state index contributed by atoms with van der Waals surface area (Å²) in [6.07, 6.45) is -0.172. The highest BCUT2D eigenvalue weighted by Crippen LogP contribution is 2.37. The molecular formula is C26H26N4O6S4. The third kappa shape index (κ3) is 6.47. The van der Waals surface area contributed by atoms with Gasteiger partial charge in [-0.25, -0.2) is 9.97 Å². The van der Waals surface area contributed by atoms with Gasteiger partial charge < -0.3 is 27.6 Å². The topological polar surface area (TPSA) is 103 Å². The van der Waals surface area contributed by atoms with E-state index in [2.05, 4.69) is 31.9 Å². The van der Waals surface area contributed by atoms with Gasteiger partial charge >= 0.3 is 11.9 Å². The number of rotatable bonds is 9. The fraction of sp³-hybridized carbons (Fsp3) is 0.385. The van der Waals surface area contributed by atoms with Crippen LogP contribution in [0.2, 0.25) is 0 Å². The third-order valence-electron chi connectivity index (χ3n) is 6.40. The van der Waals surface area contributed by atoms with Crippen molar-refractivity contribution in [2.45, 2.75) is 21.5 Å². The van der Waals surface area contributed by atoms with E-state index in [1.54, 1.807) is 0 Å². The van der Waals surface area contributed by atoms with Crippen LogP contribution in [0.15, 0.2) is 45.1 Å². The van der Waals surface area contributed by atoms with E-state index in [0.717, 1.165) is 82.1 Å². The van der Waals surface area contributed by atoms with Crippen LogP contribution in [-0.2, 0) is 27.4 Å². The predicted octanol–water partition coefficient (Wildman–Crippen LogP) is 5.16. The minimum absolute atomic E-state index is 0.0860. The lowest BCUT2D eigenvalue weighted by Gasteiger charge is -2.28. The van der Waals surface area contributed by atoms with Crippen molar-refractivity contribution in [2.75, 3.05) is 62.4 Å². The first-order valence-electron chi connectivity index (χ1n) is 12.8. The summed E-state index contributed by atoms with van der Waals surface area (Å²) in [6, 6.07) is 12.1. The molecule has 0 atom stereocenters. The SMILES string of the molecule is O=C(CCC(=O)OSc1nc2c(N3CCOCC3)cccc2s1)OSc1nc2c(N3CCOCC3)cccc2s1. The number of para-hydroxylation sites is 2. The van der Waals surface area contributed by atoms with Gasteiger partial charge in [-0.3, -0.25) is 9.59 Å². The Morgan fingerprint density at radius 2 is 1.15 bits per heavy atom. The van der Waals surface area contributed by atoms with Crippen LogP contribution in [0, 0.1) is 0 Å². The summed E-state index contributed by atoms with van der Waals surface area (Å²) in [5.74, 6) is -1.01. The van der Waals surface area contributed by atoms with Crippen molar-refractivity contribution in [1.82, 2.24) is 9.97 Å². The number of hydrogen-bond acceptors (Lipinski definition) is 14. The van der Waals surface area contributed by atoms with E-state index in [1.807, 2.05) is 24.3 Å². The van der Waals surface area contributed by atoms with Crippen molar-refractivity contribution < 1.29 is 27.4 Å². The summed E-state index contributed by atoms with van der Waals surface area (Å²) >= 11 is 4.78. The summed E-state index contributed by atoms with van der Waals surface area (Å²) in [7, 11) is 0. The molecule has 0 unspecified atom stereocenters. The molecule has 2 aromatic heterocycles. The molecule has 40 heavy (non-hydrogen) atoms. The van der Waals surface area contributed by atoms with Crippen molar-refractivity contribution >= 4 is 90.5 Å². The van der Waals surface area contributed by atoms with E-state index in [1.165, 1.54) is 22.7 Å². The first-order valence-corrected chi connectivity index (χ1v) is 15.9. The molecule has 2 aliphatic heterocycles. The standard InChI is InChI=1S/C26H26N4O6S4/c31-21(35-39-25-27-23-17(3-1-5-19(23)37-25)29-9-13-33-14-10-29)7-8-22(32)36-40-26-28-24-18(4-2-6-20(24)38-26)30-11-15-34-16-12-30/h1-6H,7-16H2. The Balaban J connectivity index is 0.979. The molecule has 0 N–H and O–H groups in total. The number of aromatic nitrogens is 2. The van der Waals surface area contributed by atoms with Gasteiger partial charge in [-0.1, -0.05) is 12.1 Å². The van der Waals surface area contributed by atoms with Gasteiger partial charge in [-0.15, -0.1) is 22.7 Å². The molecule has 6 rings (SSSR count). The van der Waals surface area contributed by atoms with Crippen LogP contribution in [0.5, 0.6) is 0 Å². The lowest BCUT2D eigenvalue weighted by atomic mass is 10.2. The number of benzene rings is 2. The summed E-state index contributed by atoms with van der Waals surface area (Å²) in [5, 5.41) is 0. The highest BCUT2D eigenvalue weighted by molar-refractivity contribution is 7.97. The minimum atomic E-state index is -0.505. The molecule has 0 radical (unpaired) electrons. The van der Waals surface area contributed by atoms with Gasteiger partial charge in [0.05, 0.1) is 60.0 Å². The van der Waals surface area contributed by atoms with Crippen LogP contribution in [0.4, 0.5) is 11.4 Å². The maximum atomic E-state index is 12.3. The highest BCUT2D eigenvalue weighted by Gasteiger charge is 2.20. The van der Waals surface area contributed by atoms with Gasteiger partial charge in [-0.2, -0.15) is 0 Å². The largest absolute Gasteiger partial charge is 0.383 e. The molecule has 0 spiro atoms. The van der Waals surface area contributed by atoms with Crippen molar-refractivity contribution in [1.29, 1.82) is 0 Å². The van der Waals surface area contributed by atoms with Gasteiger partial charge in [0, 0.05) is 26.2 Å². The Hall–Kier alpha value is -2.62. The number of thiazole rings is 2. The van der Waals surface area contributed by atoms with Crippen LogP contribution < -0.4 is 9.80 Å². The monoisotopic (exact) mass is 618 g/mol. The summed E-state index contributed by atoms with van der Waals surface area (Å²) < 4.78 is 24.9. The van der Waals surface area contributed by atoms with E-state index in [0.29, 0.717) is 35.1 Å². The molecule has 4 heterocycles. The summed E-state index contributed by atoms with van der Waals surface area (Å²) in [5.41, 5.74) is 3.89. The number of hydrogen-bond donors (Lipinski definition) is 0. The van der Waals surface area contributed by atoms with E-state index >= 15 is 0 Å². The van der Waals surface area contributed by atoms with Gasteiger partial charge in [-0.05, 0) is 24.3 Å². The number of carbonyl (C=O) groups is 2. The van der Waals surface area contributed by atoms with Gasteiger partial charge in [0.1, 0.15) is 35.1 Å². The average molecular weight is 619 g/mol. The molecule has 2 aliphatic rings. The fourth-order valence-corrected chi connectivity index (χ4v) is 7.67. The Labute approximate surface area is 247 Å². The molecule has 10 nitrogen and oxygen atoms in total. The van der Waals surface area contributed by atoms with E-state index in [4.69, 9.17) is 17.8 Å². The van der Waals surface area contributed by atoms with Gasteiger partial charge in [0.15, 0.2) is 8.68 Å². The van der Waals surface area contributed by atoms with Crippen molar-refractivity contribution in [3.05, 3.63) is 36.4 Å². The second-order valence-electron chi connectivity index (χ2n) is 8.98. The quantitative estimate of drug-likeness (QED) is 0.232. The van der Waals surface area contributed by atoms with E-state index < -0.39 is 11.9 Å². The Kier molecular flexibility index (Phi) is 8.89.